The quantitative estimate of drug-likeness (QED) is 0.333. The van der Waals surface area contributed by atoms with Crippen LogP contribution in [0.15, 0.2) is 47.4 Å². The summed E-state index contributed by atoms with van der Waals surface area (Å²) >= 11 is 6.09. The fourth-order valence-electron chi connectivity index (χ4n) is 5.51. The summed E-state index contributed by atoms with van der Waals surface area (Å²) in [5.41, 5.74) is 2.86. The van der Waals surface area contributed by atoms with Crippen LogP contribution in [-0.4, -0.2) is 85.4 Å². The number of amides is 2. The summed E-state index contributed by atoms with van der Waals surface area (Å²) in [5, 5.41) is 18.2. The molecule has 1 aromatic carbocycles. The van der Waals surface area contributed by atoms with Crippen molar-refractivity contribution in [3.05, 3.63) is 80.8 Å². The number of nitrogens with zero attached hydrogens (tertiary/aromatic N) is 7. The second-order valence-corrected chi connectivity index (χ2v) is 11.1. The van der Waals surface area contributed by atoms with Crippen molar-refractivity contribution in [2.75, 3.05) is 49.6 Å². The highest BCUT2D eigenvalue weighted by Gasteiger charge is 2.29. The first-order valence-electron chi connectivity index (χ1n) is 14.2. The van der Waals surface area contributed by atoms with Gasteiger partial charge < -0.3 is 29.5 Å². The third-order valence-corrected chi connectivity index (χ3v) is 8.10. The van der Waals surface area contributed by atoms with Crippen LogP contribution in [0.2, 0.25) is 5.02 Å². The number of piperazine rings is 1. The molecular formula is C30H31ClN8O5. The molecule has 13 nitrogen and oxygen atoms in total. The van der Waals surface area contributed by atoms with E-state index in [-0.39, 0.29) is 41.1 Å². The molecule has 228 valence electrons. The molecular weight excluding hydrogens is 588 g/mol. The maximum absolute atomic E-state index is 14.0. The molecule has 0 saturated carbocycles. The van der Waals surface area contributed by atoms with Crippen molar-refractivity contribution in [1.29, 1.82) is 0 Å². The van der Waals surface area contributed by atoms with Crippen LogP contribution in [0.1, 0.15) is 34.0 Å². The second-order valence-electron chi connectivity index (χ2n) is 10.7. The van der Waals surface area contributed by atoms with Gasteiger partial charge in [-0.25, -0.2) is 4.98 Å². The van der Waals surface area contributed by atoms with Crippen LogP contribution >= 0.6 is 11.6 Å². The number of anilines is 2. The van der Waals surface area contributed by atoms with E-state index >= 15 is 0 Å². The molecule has 0 bridgehead atoms. The Morgan fingerprint density at radius 1 is 1.14 bits per heavy atom. The summed E-state index contributed by atoms with van der Waals surface area (Å²) in [5.74, 6) is -0.211. The Morgan fingerprint density at radius 2 is 1.93 bits per heavy atom. The summed E-state index contributed by atoms with van der Waals surface area (Å²) in [6.07, 6.45) is 3.96. The van der Waals surface area contributed by atoms with Gasteiger partial charge in [0.1, 0.15) is 18.0 Å². The number of aromatic nitrogens is 5. The average Bonchev–Trinajstić information content (AvgIpc) is 3.47. The molecule has 0 aliphatic carbocycles. The van der Waals surface area contributed by atoms with E-state index in [1.54, 1.807) is 40.7 Å². The molecule has 14 heteroatoms. The smallest absolute Gasteiger partial charge is 0.299 e. The number of benzene rings is 1. The average molecular weight is 619 g/mol. The van der Waals surface area contributed by atoms with Crippen molar-refractivity contribution in [3.63, 3.8) is 0 Å². The topological polar surface area (TPSA) is 147 Å². The lowest BCUT2D eigenvalue weighted by molar-refractivity contribution is -0.116. The Morgan fingerprint density at radius 3 is 2.64 bits per heavy atom. The van der Waals surface area contributed by atoms with E-state index in [9.17, 15) is 19.5 Å². The van der Waals surface area contributed by atoms with Crippen molar-refractivity contribution in [2.45, 2.75) is 26.8 Å². The van der Waals surface area contributed by atoms with Crippen LogP contribution in [0.3, 0.4) is 0 Å². The van der Waals surface area contributed by atoms with Gasteiger partial charge in [-0.2, -0.15) is 9.50 Å². The van der Waals surface area contributed by atoms with Crippen LogP contribution in [-0.2, 0) is 16.1 Å². The van der Waals surface area contributed by atoms with Crippen LogP contribution in [0.5, 0.6) is 5.75 Å². The fourth-order valence-corrected chi connectivity index (χ4v) is 5.74. The van der Waals surface area contributed by atoms with Gasteiger partial charge in [-0.3, -0.25) is 14.4 Å². The molecule has 1 saturated heterocycles. The van der Waals surface area contributed by atoms with Gasteiger partial charge in [-0.15, -0.1) is 5.10 Å². The first-order chi connectivity index (χ1) is 21.2. The highest BCUT2D eigenvalue weighted by atomic mass is 35.5. The summed E-state index contributed by atoms with van der Waals surface area (Å²) in [4.78, 5) is 52.6. The molecule has 2 aliphatic rings. The number of rotatable bonds is 6. The van der Waals surface area contributed by atoms with E-state index in [1.807, 2.05) is 17.9 Å². The number of pyridine rings is 1. The molecule has 0 atom stereocenters. The van der Waals surface area contributed by atoms with E-state index in [2.05, 4.69) is 15.4 Å². The summed E-state index contributed by atoms with van der Waals surface area (Å²) in [6, 6.07) is 8.19. The zero-order valence-corrected chi connectivity index (χ0v) is 25.0. The number of halogens is 1. The SMILES string of the molecule is Cc1cc(Cl)ccc1NC(=O)Cn1c(C)c(N2CCN(C(=O)c3ncccc3O)CC2)c(=O)n2nc(C3=CCOCC3)nc12. The molecule has 2 amide bonds. The summed E-state index contributed by atoms with van der Waals surface area (Å²) in [7, 11) is 0. The number of ether oxygens (including phenoxy) is 1. The minimum atomic E-state index is -0.382. The zero-order chi connectivity index (χ0) is 31.0. The number of aryl methyl sites for hydroxylation is 1. The molecule has 0 radical (unpaired) electrons. The monoisotopic (exact) mass is 618 g/mol. The minimum Gasteiger partial charge on any atom is -0.505 e. The van der Waals surface area contributed by atoms with Gasteiger partial charge in [-0.1, -0.05) is 17.7 Å². The third-order valence-electron chi connectivity index (χ3n) is 7.86. The fraction of sp³-hybridized carbons (Fsp3) is 0.333. The molecule has 0 unspecified atom stereocenters. The van der Waals surface area contributed by atoms with Crippen LogP contribution in [0.25, 0.3) is 11.4 Å². The van der Waals surface area contributed by atoms with E-state index in [0.29, 0.717) is 73.7 Å². The molecule has 2 N–H and O–H groups in total. The Hall–Kier alpha value is -4.75. The van der Waals surface area contributed by atoms with Crippen LogP contribution in [0.4, 0.5) is 11.4 Å². The molecule has 4 aromatic rings. The predicted octanol–water partition coefficient (Wildman–Crippen LogP) is 2.67. The van der Waals surface area contributed by atoms with Crippen molar-refractivity contribution < 1.29 is 19.4 Å². The first-order valence-corrected chi connectivity index (χ1v) is 14.6. The van der Waals surface area contributed by atoms with Gasteiger partial charge in [0.2, 0.25) is 11.7 Å². The number of carbonyl (C=O) groups is 2. The molecule has 2 aliphatic heterocycles. The molecule has 6 rings (SSSR count). The first kappa shape index (κ1) is 29.3. The number of aromatic hydroxyl groups is 1. The molecule has 1 fully saturated rings. The van der Waals surface area contributed by atoms with Gasteiger partial charge in [-0.05, 0) is 61.7 Å². The van der Waals surface area contributed by atoms with Crippen LogP contribution in [0, 0.1) is 13.8 Å². The van der Waals surface area contributed by atoms with Gasteiger partial charge in [0.15, 0.2) is 11.5 Å². The highest BCUT2D eigenvalue weighted by Crippen LogP contribution is 2.25. The van der Waals surface area contributed by atoms with Gasteiger partial charge in [0, 0.05) is 48.8 Å². The molecule has 0 spiro atoms. The van der Waals surface area contributed by atoms with E-state index < -0.39 is 0 Å². The maximum Gasteiger partial charge on any atom is 0.299 e. The number of hydrogen-bond acceptors (Lipinski definition) is 9. The Kier molecular flexibility index (Phi) is 8.06. The van der Waals surface area contributed by atoms with Gasteiger partial charge >= 0.3 is 0 Å². The minimum absolute atomic E-state index is 0.0135. The van der Waals surface area contributed by atoms with E-state index in [1.165, 1.54) is 16.8 Å². The van der Waals surface area contributed by atoms with Crippen molar-refractivity contribution in [1.82, 2.24) is 29.0 Å². The van der Waals surface area contributed by atoms with Crippen molar-refractivity contribution in [2.24, 2.45) is 0 Å². The van der Waals surface area contributed by atoms with Crippen molar-refractivity contribution >= 4 is 46.1 Å². The maximum atomic E-state index is 14.0. The second kappa shape index (κ2) is 12.1. The Bertz CT molecular complexity index is 1860. The summed E-state index contributed by atoms with van der Waals surface area (Å²) in [6.45, 7) is 5.77. The van der Waals surface area contributed by atoms with Gasteiger partial charge in [0.05, 0.1) is 13.2 Å². The molecule has 5 heterocycles. The number of hydrogen-bond donors (Lipinski definition) is 2. The number of carbonyl (C=O) groups excluding carboxylic acids is 2. The Balaban J connectivity index is 1.34. The zero-order valence-electron chi connectivity index (χ0n) is 24.3. The molecule has 3 aromatic heterocycles. The van der Waals surface area contributed by atoms with Gasteiger partial charge in [0.25, 0.3) is 11.5 Å². The Labute approximate surface area is 257 Å². The lowest BCUT2D eigenvalue weighted by Gasteiger charge is -2.36. The largest absolute Gasteiger partial charge is 0.505 e. The number of fused-ring (bicyclic) bond motifs is 1. The molecule has 44 heavy (non-hydrogen) atoms. The number of nitrogens with one attached hydrogen (secondary N) is 1. The lowest BCUT2D eigenvalue weighted by Crippen LogP contribution is -2.51. The van der Waals surface area contributed by atoms with E-state index in [4.69, 9.17) is 21.3 Å². The predicted molar refractivity (Wildman–Crippen MR) is 164 cm³/mol. The highest BCUT2D eigenvalue weighted by molar-refractivity contribution is 6.30. The standard InChI is InChI=1S/C30H31ClN8O5/c1-18-16-21(31)5-6-22(18)33-24(41)17-38-19(2)26(29(43)39-30(38)34-27(35-39)20-7-14-44-15-8-20)36-10-12-37(13-11-36)28(42)25-23(40)4-3-9-32-25/h3-7,9,16,40H,8,10-15,17H2,1-2H3,(H,33,41). The third kappa shape index (κ3) is 5.63. The van der Waals surface area contributed by atoms with Crippen LogP contribution < -0.4 is 15.8 Å². The van der Waals surface area contributed by atoms with E-state index in [0.717, 1.165) is 11.1 Å². The normalized spacial score (nSPS) is 15.4. The lowest BCUT2D eigenvalue weighted by atomic mass is 10.1. The summed E-state index contributed by atoms with van der Waals surface area (Å²) < 4.78 is 8.37. The van der Waals surface area contributed by atoms with Crippen molar-refractivity contribution in [3.8, 4) is 5.75 Å².